The van der Waals surface area contributed by atoms with Gasteiger partial charge in [0.1, 0.15) is 12.4 Å². The first-order valence-corrected chi connectivity index (χ1v) is 11.7. The number of nitrogens with zero attached hydrogens (tertiary/aromatic N) is 4. The molecule has 0 spiro atoms. The second kappa shape index (κ2) is 9.32. The van der Waals surface area contributed by atoms with Gasteiger partial charge in [-0.15, -0.1) is 0 Å². The Kier molecular flexibility index (Phi) is 6.07. The molecule has 1 aromatic carbocycles. The molecular weight excluding hydrogens is 448 g/mol. The van der Waals surface area contributed by atoms with Gasteiger partial charge in [0.2, 0.25) is 12.0 Å². The minimum Gasteiger partial charge on any atom is -0.485 e. The number of hydrogen-bond donors (Lipinski definition) is 0. The van der Waals surface area contributed by atoms with Gasteiger partial charge in [-0.3, -0.25) is 14.2 Å². The first-order valence-electron chi connectivity index (χ1n) is 11.7. The van der Waals surface area contributed by atoms with Crippen LogP contribution in [0.2, 0.25) is 0 Å². The van der Waals surface area contributed by atoms with Crippen molar-refractivity contribution in [1.82, 2.24) is 19.5 Å². The van der Waals surface area contributed by atoms with Gasteiger partial charge < -0.3 is 23.8 Å². The first-order chi connectivity index (χ1) is 16.9. The number of carbonyl (C=O) groups excluding carboxylic acids is 2. The number of rotatable bonds is 4. The van der Waals surface area contributed by atoms with Crippen LogP contribution in [0.3, 0.4) is 0 Å². The SMILES string of the molecule is Cc1cc(-n2c(C)cc(/C=C/C(=O)N3CCN(C(=O)C4COc5ccccc5O4)CC3)c2C)no1. The van der Waals surface area contributed by atoms with Gasteiger partial charge in [0.15, 0.2) is 17.3 Å². The van der Waals surface area contributed by atoms with Crippen molar-refractivity contribution >= 4 is 17.9 Å². The monoisotopic (exact) mass is 476 g/mol. The third-order valence-electron chi connectivity index (χ3n) is 6.41. The van der Waals surface area contributed by atoms with Crippen LogP contribution in [0.25, 0.3) is 11.9 Å². The Bertz CT molecular complexity index is 1280. The summed E-state index contributed by atoms with van der Waals surface area (Å²) in [5, 5.41) is 4.10. The molecule has 5 rings (SSSR count). The summed E-state index contributed by atoms with van der Waals surface area (Å²) < 4.78 is 18.7. The number of hydrogen-bond acceptors (Lipinski definition) is 6. The maximum Gasteiger partial charge on any atom is 0.267 e. The highest BCUT2D eigenvalue weighted by atomic mass is 16.6. The maximum atomic E-state index is 12.9. The van der Waals surface area contributed by atoms with E-state index in [9.17, 15) is 9.59 Å². The summed E-state index contributed by atoms with van der Waals surface area (Å²) in [6.07, 6.45) is 2.75. The number of piperazine rings is 1. The molecule has 1 saturated heterocycles. The normalized spacial score (nSPS) is 17.7. The minimum atomic E-state index is -0.671. The molecule has 1 atom stereocenters. The topological polar surface area (TPSA) is 90.0 Å². The zero-order valence-corrected chi connectivity index (χ0v) is 20.1. The van der Waals surface area contributed by atoms with E-state index >= 15 is 0 Å². The fourth-order valence-electron chi connectivity index (χ4n) is 4.53. The summed E-state index contributed by atoms with van der Waals surface area (Å²) in [6, 6.07) is 11.2. The second-order valence-electron chi connectivity index (χ2n) is 8.81. The average molecular weight is 477 g/mol. The Morgan fingerprint density at radius 2 is 1.71 bits per heavy atom. The van der Waals surface area contributed by atoms with Crippen molar-refractivity contribution in [2.75, 3.05) is 32.8 Å². The molecule has 2 aromatic heterocycles. The highest BCUT2D eigenvalue weighted by molar-refractivity contribution is 5.92. The Morgan fingerprint density at radius 3 is 2.43 bits per heavy atom. The molecule has 0 bridgehead atoms. The van der Waals surface area contributed by atoms with E-state index in [1.165, 1.54) is 0 Å². The number of para-hydroxylation sites is 2. The summed E-state index contributed by atoms with van der Waals surface area (Å²) in [5.41, 5.74) is 2.93. The highest BCUT2D eigenvalue weighted by Gasteiger charge is 2.33. The molecule has 3 aromatic rings. The van der Waals surface area contributed by atoms with Gasteiger partial charge >= 0.3 is 0 Å². The summed E-state index contributed by atoms with van der Waals surface area (Å²) in [5.74, 6) is 2.50. The van der Waals surface area contributed by atoms with E-state index in [1.807, 2.05) is 61.7 Å². The van der Waals surface area contributed by atoms with Gasteiger partial charge in [-0.05, 0) is 50.6 Å². The Labute approximate surface area is 203 Å². The lowest BCUT2D eigenvalue weighted by Gasteiger charge is -2.36. The molecule has 2 aliphatic rings. The number of ether oxygens (including phenoxy) is 2. The Balaban J connectivity index is 1.18. The third-order valence-corrected chi connectivity index (χ3v) is 6.41. The molecule has 182 valence electrons. The highest BCUT2D eigenvalue weighted by Crippen LogP contribution is 2.31. The number of carbonyl (C=O) groups is 2. The van der Waals surface area contributed by atoms with Crippen LogP contribution >= 0.6 is 0 Å². The van der Waals surface area contributed by atoms with Gasteiger partial charge in [-0.2, -0.15) is 0 Å². The van der Waals surface area contributed by atoms with E-state index in [2.05, 4.69) is 5.16 Å². The van der Waals surface area contributed by atoms with Crippen LogP contribution in [0, 0.1) is 20.8 Å². The molecule has 4 heterocycles. The lowest BCUT2D eigenvalue weighted by Crippen LogP contribution is -2.54. The zero-order valence-electron chi connectivity index (χ0n) is 20.1. The molecular formula is C26H28N4O5. The number of amides is 2. The standard InChI is InChI=1S/C26H28N4O5/c1-17-14-20(19(3)30(17)24-15-18(2)35-27-24)8-9-25(31)28-10-12-29(13-11-28)26(32)23-16-33-21-6-4-5-7-22(21)34-23/h4-9,14-15,23H,10-13,16H2,1-3H3/b9-8+. The number of benzene rings is 1. The van der Waals surface area contributed by atoms with Crippen molar-refractivity contribution in [3.63, 3.8) is 0 Å². The summed E-state index contributed by atoms with van der Waals surface area (Å²) in [4.78, 5) is 29.2. The van der Waals surface area contributed by atoms with E-state index in [-0.39, 0.29) is 18.4 Å². The average Bonchev–Trinajstić information content (AvgIpc) is 3.42. The smallest absolute Gasteiger partial charge is 0.267 e. The molecule has 9 heteroatoms. The van der Waals surface area contributed by atoms with E-state index in [1.54, 1.807) is 21.9 Å². The predicted octanol–water partition coefficient (Wildman–Crippen LogP) is 2.91. The van der Waals surface area contributed by atoms with Crippen LogP contribution in [-0.2, 0) is 9.59 Å². The van der Waals surface area contributed by atoms with Crippen LogP contribution in [0.5, 0.6) is 11.5 Å². The fraction of sp³-hybridized carbons (Fsp3) is 0.346. The number of fused-ring (bicyclic) bond motifs is 1. The molecule has 1 fully saturated rings. The van der Waals surface area contributed by atoms with E-state index in [0.717, 1.165) is 28.5 Å². The van der Waals surface area contributed by atoms with Crippen molar-refractivity contribution in [2.24, 2.45) is 0 Å². The minimum absolute atomic E-state index is 0.0784. The van der Waals surface area contributed by atoms with Gasteiger partial charge in [0.05, 0.1) is 0 Å². The van der Waals surface area contributed by atoms with Gasteiger partial charge in [-0.1, -0.05) is 17.3 Å². The molecule has 2 aliphatic heterocycles. The van der Waals surface area contributed by atoms with Crippen molar-refractivity contribution in [3.8, 4) is 17.3 Å². The van der Waals surface area contributed by atoms with Crippen LogP contribution < -0.4 is 9.47 Å². The van der Waals surface area contributed by atoms with Crippen molar-refractivity contribution in [2.45, 2.75) is 26.9 Å². The van der Waals surface area contributed by atoms with Gasteiger partial charge in [0, 0.05) is 49.7 Å². The van der Waals surface area contributed by atoms with Gasteiger partial charge in [-0.25, -0.2) is 0 Å². The lowest BCUT2D eigenvalue weighted by atomic mass is 10.2. The van der Waals surface area contributed by atoms with Crippen LogP contribution in [-0.4, -0.2) is 70.2 Å². The largest absolute Gasteiger partial charge is 0.485 e. The number of aromatic nitrogens is 2. The molecule has 0 aliphatic carbocycles. The van der Waals surface area contributed by atoms with Crippen LogP contribution in [0.4, 0.5) is 0 Å². The quantitative estimate of drug-likeness (QED) is 0.538. The molecule has 2 amide bonds. The Hall–Kier alpha value is -4.01. The summed E-state index contributed by atoms with van der Waals surface area (Å²) >= 11 is 0. The molecule has 0 N–H and O–H groups in total. The second-order valence-corrected chi connectivity index (χ2v) is 8.81. The van der Waals surface area contributed by atoms with Crippen molar-refractivity contribution in [1.29, 1.82) is 0 Å². The van der Waals surface area contributed by atoms with Crippen molar-refractivity contribution in [3.05, 3.63) is 65.2 Å². The first kappa shape index (κ1) is 22.8. The molecule has 0 saturated carbocycles. The number of aryl methyl sites for hydroxylation is 2. The molecule has 9 nitrogen and oxygen atoms in total. The fourth-order valence-corrected chi connectivity index (χ4v) is 4.53. The van der Waals surface area contributed by atoms with E-state index in [0.29, 0.717) is 37.7 Å². The molecule has 0 radical (unpaired) electrons. The lowest BCUT2D eigenvalue weighted by molar-refractivity contribution is -0.145. The summed E-state index contributed by atoms with van der Waals surface area (Å²) in [6.45, 7) is 7.87. The molecule has 35 heavy (non-hydrogen) atoms. The zero-order chi connectivity index (χ0) is 24.5. The van der Waals surface area contributed by atoms with Crippen molar-refractivity contribution < 1.29 is 23.6 Å². The Morgan fingerprint density at radius 1 is 1.00 bits per heavy atom. The maximum absolute atomic E-state index is 12.9. The van der Waals surface area contributed by atoms with Crippen LogP contribution in [0.15, 0.2) is 47.0 Å². The molecule has 1 unspecified atom stereocenters. The van der Waals surface area contributed by atoms with Crippen LogP contribution in [0.1, 0.15) is 22.7 Å². The van der Waals surface area contributed by atoms with E-state index in [4.69, 9.17) is 14.0 Å². The van der Waals surface area contributed by atoms with E-state index < -0.39 is 6.10 Å². The third kappa shape index (κ3) is 4.53. The summed E-state index contributed by atoms with van der Waals surface area (Å²) in [7, 11) is 0. The van der Waals surface area contributed by atoms with Gasteiger partial charge in [0.25, 0.3) is 5.91 Å². The predicted molar refractivity (Wildman–Crippen MR) is 129 cm³/mol.